The molecule has 0 atom stereocenters. The van der Waals surface area contributed by atoms with Crippen LogP contribution in [0.25, 0.3) is 11.1 Å². The number of benzene rings is 1. The minimum atomic E-state index is -3.27. The molecule has 4 fully saturated rings. The van der Waals surface area contributed by atoms with Crippen LogP contribution in [0, 0.1) is 23.2 Å². The van der Waals surface area contributed by atoms with E-state index >= 15 is 0 Å². The molecule has 1 aromatic carbocycles. The van der Waals surface area contributed by atoms with Crippen LogP contribution in [0.15, 0.2) is 32.7 Å². The molecule has 4 saturated carbocycles. The molecule has 1 aromatic heterocycles. The first-order valence-electron chi connectivity index (χ1n) is 10.2. The Labute approximate surface area is 169 Å². The highest BCUT2D eigenvalue weighted by Crippen LogP contribution is 2.60. The number of carbonyl (C=O) groups is 1. The monoisotopic (exact) mass is 419 g/mol. The van der Waals surface area contributed by atoms with Crippen molar-refractivity contribution in [2.45, 2.75) is 55.6 Å². The van der Waals surface area contributed by atoms with Gasteiger partial charge in [0.05, 0.1) is 16.4 Å². The van der Waals surface area contributed by atoms with E-state index in [1.54, 1.807) is 25.1 Å². The van der Waals surface area contributed by atoms with E-state index in [2.05, 4.69) is 4.98 Å². The van der Waals surface area contributed by atoms with Crippen LogP contribution in [0.4, 0.5) is 0 Å². The molecular formula is C21H25NO4S2. The van der Waals surface area contributed by atoms with Crippen LogP contribution in [0.1, 0.15) is 45.4 Å². The molecule has 0 saturated heterocycles. The predicted molar refractivity (Wildman–Crippen MR) is 108 cm³/mol. The summed E-state index contributed by atoms with van der Waals surface area (Å²) in [5, 5.41) is 0.444. The van der Waals surface area contributed by atoms with Crippen LogP contribution < -0.4 is 0 Å². The van der Waals surface area contributed by atoms with Gasteiger partial charge in [0.15, 0.2) is 15.4 Å². The molecule has 0 amide bonds. The van der Waals surface area contributed by atoms with Gasteiger partial charge in [-0.2, -0.15) is 0 Å². The van der Waals surface area contributed by atoms with E-state index in [-0.39, 0.29) is 16.1 Å². The molecule has 0 aliphatic heterocycles. The molecule has 0 unspecified atom stereocenters. The summed E-state index contributed by atoms with van der Waals surface area (Å²) in [4.78, 5) is 17.8. The molecule has 4 aliphatic carbocycles. The van der Waals surface area contributed by atoms with Crippen LogP contribution in [0.2, 0.25) is 0 Å². The molecule has 2 aromatic rings. The number of carbonyl (C=O) groups excluding carboxylic acids is 1. The number of thioether (sulfide) groups is 1. The second-order valence-electron chi connectivity index (χ2n) is 8.92. The lowest BCUT2D eigenvalue weighted by Crippen LogP contribution is -2.50. The van der Waals surface area contributed by atoms with Crippen molar-refractivity contribution in [3.8, 4) is 0 Å². The summed E-state index contributed by atoms with van der Waals surface area (Å²) in [6.07, 6.45) is 7.20. The van der Waals surface area contributed by atoms with Crippen molar-refractivity contribution >= 4 is 38.5 Å². The van der Waals surface area contributed by atoms with Crippen LogP contribution in [0.3, 0.4) is 0 Å². The number of nitrogens with zero attached hydrogens (tertiary/aromatic N) is 1. The maximum atomic E-state index is 13.1. The molecule has 6 rings (SSSR count). The lowest BCUT2D eigenvalue weighted by Gasteiger charge is -2.55. The van der Waals surface area contributed by atoms with Crippen LogP contribution in [-0.4, -0.2) is 30.7 Å². The van der Waals surface area contributed by atoms with Crippen molar-refractivity contribution in [1.29, 1.82) is 0 Å². The third-order valence-corrected chi connectivity index (χ3v) is 9.60. The summed E-state index contributed by atoms with van der Waals surface area (Å²) in [5.41, 5.74) is 0.981. The van der Waals surface area contributed by atoms with Gasteiger partial charge in [-0.25, -0.2) is 13.4 Å². The first-order chi connectivity index (χ1) is 13.4. The summed E-state index contributed by atoms with van der Waals surface area (Å²) in [7, 11) is -3.27. The van der Waals surface area contributed by atoms with Gasteiger partial charge in [-0.3, -0.25) is 4.79 Å². The number of rotatable bonds is 6. The average Bonchev–Trinajstić information content (AvgIpc) is 3.07. The highest BCUT2D eigenvalue weighted by molar-refractivity contribution is 7.99. The molecule has 0 radical (unpaired) electrons. The number of hydrogen-bond acceptors (Lipinski definition) is 6. The van der Waals surface area contributed by atoms with Gasteiger partial charge in [-0.1, -0.05) is 18.7 Å². The summed E-state index contributed by atoms with van der Waals surface area (Å²) in [6, 6.07) is 4.76. The van der Waals surface area contributed by atoms with Gasteiger partial charge in [-0.05, 0) is 74.5 Å². The fourth-order valence-electron chi connectivity index (χ4n) is 6.04. The number of hydrogen-bond donors (Lipinski definition) is 0. The Hall–Kier alpha value is -1.34. The number of Topliss-reactive ketones (excluding diaryl/α,β-unsaturated/α-hetero) is 1. The molecule has 4 aliphatic rings. The molecule has 28 heavy (non-hydrogen) atoms. The van der Waals surface area contributed by atoms with E-state index in [1.807, 2.05) is 0 Å². The molecule has 0 N–H and O–H groups in total. The Balaban J connectivity index is 1.31. The number of aromatic nitrogens is 1. The summed E-state index contributed by atoms with van der Waals surface area (Å²) in [5.74, 6) is 3.06. The number of fused-ring (bicyclic) bond motifs is 1. The van der Waals surface area contributed by atoms with Gasteiger partial charge in [0.25, 0.3) is 5.22 Å². The van der Waals surface area contributed by atoms with Gasteiger partial charge in [0.1, 0.15) is 11.3 Å². The third-order valence-electron chi connectivity index (χ3n) is 7.04. The standard InChI is InChI=1S/C21H25NO4S2/c1-2-28(24,25)16-3-4-18-17(8-16)22-20(26-18)27-12-19(23)21-9-13-5-14(10-21)7-15(6-13)11-21/h3-4,8,13-15H,2,5-7,9-12H2,1H3. The number of sulfone groups is 1. The summed E-state index contributed by atoms with van der Waals surface area (Å²) < 4.78 is 29.9. The maximum absolute atomic E-state index is 13.1. The van der Waals surface area contributed by atoms with Crippen molar-refractivity contribution in [3.05, 3.63) is 18.2 Å². The summed E-state index contributed by atoms with van der Waals surface area (Å²) >= 11 is 1.35. The Morgan fingerprint density at radius 1 is 1.18 bits per heavy atom. The topological polar surface area (TPSA) is 77.2 Å². The fraction of sp³-hybridized carbons (Fsp3) is 0.619. The minimum absolute atomic E-state index is 0.0531. The van der Waals surface area contributed by atoms with E-state index in [4.69, 9.17) is 4.42 Å². The van der Waals surface area contributed by atoms with Crippen molar-refractivity contribution in [1.82, 2.24) is 4.98 Å². The molecule has 5 nitrogen and oxygen atoms in total. The zero-order valence-corrected chi connectivity index (χ0v) is 17.7. The highest BCUT2D eigenvalue weighted by atomic mass is 32.2. The summed E-state index contributed by atoms with van der Waals surface area (Å²) in [6.45, 7) is 1.62. The predicted octanol–water partition coefficient (Wildman–Crippen LogP) is 4.50. The first kappa shape index (κ1) is 18.7. The molecule has 1 heterocycles. The van der Waals surface area contributed by atoms with Crippen LogP contribution in [-0.2, 0) is 14.6 Å². The third kappa shape index (κ3) is 3.11. The Morgan fingerprint density at radius 3 is 2.43 bits per heavy atom. The van der Waals surface area contributed by atoms with E-state index < -0.39 is 9.84 Å². The largest absolute Gasteiger partial charge is 0.431 e. The number of oxazole rings is 1. The Bertz CT molecular complexity index is 1000. The van der Waals surface area contributed by atoms with Crippen LogP contribution >= 0.6 is 11.8 Å². The molecule has 4 bridgehead atoms. The average molecular weight is 420 g/mol. The van der Waals surface area contributed by atoms with Crippen molar-refractivity contribution < 1.29 is 17.6 Å². The van der Waals surface area contributed by atoms with Gasteiger partial charge in [-0.15, -0.1) is 0 Å². The second kappa shape index (κ2) is 6.59. The zero-order chi connectivity index (χ0) is 19.5. The van der Waals surface area contributed by atoms with E-state index in [9.17, 15) is 13.2 Å². The highest BCUT2D eigenvalue weighted by Gasteiger charge is 2.54. The van der Waals surface area contributed by atoms with E-state index in [0.717, 1.165) is 37.0 Å². The normalized spacial score (nSPS) is 31.5. The van der Waals surface area contributed by atoms with E-state index in [0.29, 0.717) is 27.9 Å². The first-order valence-corrected chi connectivity index (χ1v) is 12.8. The van der Waals surface area contributed by atoms with Gasteiger partial charge in [0.2, 0.25) is 0 Å². The maximum Gasteiger partial charge on any atom is 0.257 e. The molecule has 0 spiro atoms. The number of ketones is 1. The Morgan fingerprint density at radius 2 is 1.82 bits per heavy atom. The zero-order valence-electron chi connectivity index (χ0n) is 16.0. The fourth-order valence-corrected chi connectivity index (χ4v) is 7.81. The molecule has 7 heteroatoms. The quantitative estimate of drug-likeness (QED) is 0.642. The van der Waals surface area contributed by atoms with Crippen molar-refractivity contribution in [2.24, 2.45) is 23.2 Å². The van der Waals surface area contributed by atoms with Crippen molar-refractivity contribution in [2.75, 3.05) is 11.5 Å². The lowest BCUT2D eigenvalue weighted by atomic mass is 9.48. The van der Waals surface area contributed by atoms with Gasteiger partial charge >= 0.3 is 0 Å². The van der Waals surface area contributed by atoms with Crippen molar-refractivity contribution in [3.63, 3.8) is 0 Å². The SMILES string of the molecule is CCS(=O)(=O)c1ccc2oc(SCC(=O)C34CC5CC(CC(C5)C3)C4)nc2c1. The Kier molecular flexibility index (Phi) is 4.40. The molecule has 150 valence electrons. The van der Waals surface area contributed by atoms with Gasteiger partial charge < -0.3 is 4.42 Å². The lowest BCUT2D eigenvalue weighted by molar-refractivity contribution is -0.141. The smallest absolute Gasteiger partial charge is 0.257 e. The molecular weight excluding hydrogens is 394 g/mol. The minimum Gasteiger partial charge on any atom is -0.431 e. The van der Waals surface area contributed by atoms with E-state index in [1.165, 1.54) is 31.0 Å². The van der Waals surface area contributed by atoms with Gasteiger partial charge in [0, 0.05) is 5.41 Å². The van der Waals surface area contributed by atoms with Crippen LogP contribution in [0.5, 0.6) is 0 Å². The second-order valence-corrected chi connectivity index (χ2v) is 12.1.